The van der Waals surface area contributed by atoms with Crippen molar-refractivity contribution in [2.24, 2.45) is 7.05 Å². The van der Waals surface area contributed by atoms with Gasteiger partial charge in [-0.1, -0.05) is 6.07 Å². The predicted octanol–water partition coefficient (Wildman–Crippen LogP) is 2.45. The normalized spacial score (nSPS) is 21.4. The number of nitrogens with one attached hydrogen (secondary N) is 1. The standard InChI is InChI=1S/C21H25N5O4.C2HF3O2/c1-24-16-10-13(14-4-8-25(12-18(28)29)21(11-14)6-7-21)2-3-15(16)19(23-24)26-9-5-17(27)22-20(26)30;3-2(4,5)1(6)7/h2-3,10,14H,4-9,11-12H2,1H3,(H,28,29)(H,22,27,30);(H,6,7). The molecule has 1 spiro atoms. The highest BCUT2D eigenvalue weighted by Gasteiger charge is 2.51. The number of likely N-dealkylation sites (tertiary alicyclic amines) is 1. The Bertz CT molecular complexity index is 1260. The summed E-state index contributed by atoms with van der Waals surface area (Å²) in [5, 5.41) is 24.1. The van der Waals surface area contributed by atoms with E-state index in [0.29, 0.717) is 18.3 Å². The molecule has 1 aliphatic carbocycles. The highest BCUT2D eigenvalue weighted by Crippen LogP contribution is 2.52. The first-order valence-corrected chi connectivity index (χ1v) is 11.7. The molecule has 1 saturated carbocycles. The number of alkyl halides is 3. The maximum absolute atomic E-state index is 12.3. The largest absolute Gasteiger partial charge is 0.490 e. The molecule has 200 valence electrons. The minimum Gasteiger partial charge on any atom is -0.480 e. The van der Waals surface area contributed by atoms with Gasteiger partial charge in [-0.05, 0) is 55.8 Å². The van der Waals surface area contributed by atoms with Crippen LogP contribution in [0.5, 0.6) is 0 Å². The Hall–Kier alpha value is -3.68. The topological polar surface area (TPSA) is 145 Å². The van der Waals surface area contributed by atoms with Crippen molar-refractivity contribution in [2.75, 3.05) is 24.5 Å². The molecule has 2 saturated heterocycles. The van der Waals surface area contributed by atoms with Crippen molar-refractivity contribution < 1.29 is 42.6 Å². The van der Waals surface area contributed by atoms with E-state index in [-0.39, 0.29) is 24.4 Å². The van der Waals surface area contributed by atoms with Gasteiger partial charge in [-0.25, -0.2) is 9.59 Å². The smallest absolute Gasteiger partial charge is 0.480 e. The van der Waals surface area contributed by atoms with Crippen LogP contribution in [0.25, 0.3) is 10.9 Å². The number of piperidine rings is 1. The molecule has 2 aromatic rings. The van der Waals surface area contributed by atoms with Gasteiger partial charge in [-0.3, -0.25) is 29.4 Å². The first-order valence-electron chi connectivity index (χ1n) is 11.7. The lowest BCUT2D eigenvalue weighted by molar-refractivity contribution is -0.192. The Morgan fingerprint density at radius 2 is 1.86 bits per heavy atom. The van der Waals surface area contributed by atoms with Crippen molar-refractivity contribution >= 4 is 40.6 Å². The van der Waals surface area contributed by atoms with Crippen LogP contribution in [-0.4, -0.2) is 80.1 Å². The molecule has 11 nitrogen and oxygen atoms in total. The number of carbonyl (C=O) groups excluding carboxylic acids is 2. The average molecular weight is 525 g/mol. The number of rotatable bonds is 4. The number of hydrogen-bond donors (Lipinski definition) is 3. The number of carbonyl (C=O) groups is 4. The summed E-state index contributed by atoms with van der Waals surface area (Å²) in [6, 6.07) is 5.83. The van der Waals surface area contributed by atoms with Crippen LogP contribution in [0, 0.1) is 0 Å². The molecule has 0 radical (unpaired) electrons. The number of anilines is 1. The second-order valence-electron chi connectivity index (χ2n) is 9.51. The summed E-state index contributed by atoms with van der Waals surface area (Å²) in [6.45, 7) is 1.24. The van der Waals surface area contributed by atoms with Crippen LogP contribution >= 0.6 is 0 Å². The van der Waals surface area contributed by atoms with Crippen LogP contribution < -0.4 is 10.2 Å². The van der Waals surface area contributed by atoms with Gasteiger partial charge in [-0.15, -0.1) is 0 Å². The number of urea groups is 1. The van der Waals surface area contributed by atoms with Crippen molar-refractivity contribution in [1.29, 1.82) is 0 Å². The number of hydrogen-bond acceptors (Lipinski definition) is 6. The van der Waals surface area contributed by atoms with E-state index < -0.39 is 24.1 Å². The second kappa shape index (κ2) is 9.65. The van der Waals surface area contributed by atoms with Gasteiger partial charge in [0, 0.05) is 30.9 Å². The zero-order valence-corrected chi connectivity index (χ0v) is 19.9. The molecular formula is C23H26F3N5O6. The Labute approximate surface area is 208 Å². The van der Waals surface area contributed by atoms with E-state index in [1.807, 2.05) is 13.1 Å². The van der Waals surface area contributed by atoms with Gasteiger partial charge in [0.1, 0.15) is 0 Å². The fourth-order valence-corrected chi connectivity index (χ4v) is 5.07. The molecule has 1 aromatic heterocycles. The van der Waals surface area contributed by atoms with Crippen LogP contribution in [0.1, 0.15) is 43.6 Å². The van der Waals surface area contributed by atoms with Crippen LogP contribution in [0.15, 0.2) is 18.2 Å². The summed E-state index contributed by atoms with van der Waals surface area (Å²) < 4.78 is 33.5. The van der Waals surface area contributed by atoms with Crippen molar-refractivity contribution in [1.82, 2.24) is 20.0 Å². The summed E-state index contributed by atoms with van der Waals surface area (Å²) in [4.78, 5) is 47.5. The first-order chi connectivity index (χ1) is 17.3. The molecule has 3 aliphatic rings. The van der Waals surface area contributed by atoms with E-state index in [4.69, 9.17) is 9.90 Å². The van der Waals surface area contributed by atoms with Crippen LogP contribution in [0.2, 0.25) is 0 Å². The van der Waals surface area contributed by atoms with Crippen molar-refractivity contribution in [2.45, 2.75) is 49.7 Å². The lowest BCUT2D eigenvalue weighted by Crippen LogP contribution is -2.49. The molecule has 1 atom stereocenters. The zero-order valence-electron chi connectivity index (χ0n) is 19.9. The molecule has 5 rings (SSSR count). The predicted molar refractivity (Wildman–Crippen MR) is 123 cm³/mol. The summed E-state index contributed by atoms with van der Waals surface area (Å²) in [5.74, 6) is -2.82. The zero-order chi connectivity index (χ0) is 27.1. The van der Waals surface area contributed by atoms with Gasteiger partial charge < -0.3 is 10.2 Å². The number of nitrogens with zero attached hydrogens (tertiary/aromatic N) is 4. The minimum absolute atomic E-state index is 0.0479. The summed E-state index contributed by atoms with van der Waals surface area (Å²) >= 11 is 0. The molecule has 3 fully saturated rings. The third-order valence-corrected chi connectivity index (χ3v) is 7.08. The third-order valence-electron chi connectivity index (χ3n) is 7.08. The van der Waals surface area contributed by atoms with Crippen LogP contribution in [-0.2, 0) is 21.4 Å². The number of carboxylic acids is 2. The lowest BCUT2D eigenvalue weighted by atomic mass is 9.83. The van der Waals surface area contributed by atoms with E-state index in [0.717, 1.165) is 43.1 Å². The van der Waals surface area contributed by atoms with Crippen LogP contribution in [0.4, 0.5) is 23.8 Å². The third kappa shape index (κ3) is 5.53. The highest BCUT2D eigenvalue weighted by atomic mass is 19.4. The molecule has 1 unspecified atom stereocenters. The number of fused-ring (bicyclic) bond motifs is 1. The Morgan fingerprint density at radius 3 is 2.43 bits per heavy atom. The molecule has 14 heteroatoms. The first kappa shape index (κ1) is 26.4. The molecule has 3 N–H and O–H groups in total. The maximum Gasteiger partial charge on any atom is 0.490 e. The number of amides is 3. The fourth-order valence-electron chi connectivity index (χ4n) is 5.07. The summed E-state index contributed by atoms with van der Waals surface area (Å²) in [6.07, 6.45) is -0.775. The summed E-state index contributed by atoms with van der Waals surface area (Å²) in [7, 11) is 1.86. The Morgan fingerprint density at radius 1 is 1.19 bits per heavy atom. The molecule has 1 aromatic carbocycles. The van der Waals surface area contributed by atoms with Gasteiger partial charge in [0.25, 0.3) is 0 Å². The van der Waals surface area contributed by atoms with Crippen molar-refractivity contribution in [3.63, 3.8) is 0 Å². The van der Waals surface area contributed by atoms with Gasteiger partial charge in [-0.2, -0.15) is 18.3 Å². The molecule has 3 heterocycles. The minimum atomic E-state index is -5.08. The second-order valence-corrected chi connectivity index (χ2v) is 9.51. The van der Waals surface area contributed by atoms with Gasteiger partial charge in [0.05, 0.1) is 12.1 Å². The van der Waals surface area contributed by atoms with Crippen LogP contribution in [0.3, 0.4) is 0 Å². The lowest BCUT2D eigenvalue weighted by Gasteiger charge is -2.39. The van der Waals surface area contributed by atoms with Gasteiger partial charge >= 0.3 is 24.1 Å². The van der Waals surface area contributed by atoms with E-state index in [1.165, 1.54) is 10.5 Å². The number of carboxylic acid groups (broad SMARTS) is 2. The number of aliphatic carboxylic acids is 2. The average Bonchev–Trinajstić information content (AvgIpc) is 3.50. The fraction of sp³-hybridized carbons (Fsp3) is 0.522. The number of imide groups is 1. The number of benzene rings is 1. The maximum atomic E-state index is 12.3. The SMILES string of the molecule is Cn1nc(N2CCC(=O)NC2=O)c2ccc(C3CCN(CC(=O)O)C4(CC4)C3)cc21.O=C(O)C(F)(F)F. The molecule has 2 aliphatic heterocycles. The van der Waals surface area contributed by atoms with E-state index in [1.54, 1.807) is 4.68 Å². The quantitative estimate of drug-likeness (QED) is 0.552. The summed E-state index contributed by atoms with van der Waals surface area (Å²) in [5.41, 5.74) is 2.23. The molecular weight excluding hydrogens is 499 g/mol. The Kier molecular flexibility index (Phi) is 6.88. The number of aryl methyl sites for hydroxylation is 1. The molecule has 37 heavy (non-hydrogen) atoms. The van der Waals surface area contributed by atoms with E-state index in [9.17, 15) is 32.7 Å². The van der Waals surface area contributed by atoms with Gasteiger partial charge in [0.2, 0.25) is 5.91 Å². The monoisotopic (exact) mass is 525 g/mol. The number of halogens is 3. The van der Waals surface area contributed by atoms with Crippen molar-refractivity contribution in [3.8, 4) is 0 Å². The van der Waals surface area contributed by atoms with E-state index in [2.05, 4.69) is 27.4 Å². The highest BCUT2D eigenvalue weighted by molar-refractivity contribution is 6.08. The van der Waals surface area contributed by atoms with Crippen molar-refractivity contribution in [3.05, 3.63) is 23.8 Å². The molecule has 0 bridgehead atoms. The van der Waals surface area contributed by atoms with Gasteiger partial charge in [0.15, 0.2) is 5.82 Å². The Balaban J connectivity index is 0.000000405. The number of aromatic nitrogens is 2. The molecule has 3 amide bonds. The van der Waals surface area contributed by atoms with E-state index >= 15 is 0 Å².